The quantitative estimate of drug-likeness (QED) is 0.903. The summed E-state index contributed by atoms with van der Waals surface area (Å²) in [7, 11) is 0. The fraction of sp³-hybridized carbons (Fsp3) is 0.474. The van der Waals surface area contributed by atoms with Crippen LogP contribution in [-0.2, 0) is 4.79 Å². The highest BCUT2D eigenvalue weighted by atomic mass is 35.5. The van der Waals surface area contributed by atoms with Gasteiger partial charge >= 0.3 is 0 Å². The first-order valence-corrected chi connectivity index (χ1v) is 9.03. The van der Waals surface area contributed by atoms with Gasteiger partial charge in [-0.1, -0.05) is 11.6 Å². The lowest BCUT2D eigenvalue weighted by Crippen LogP contribution is -2.46. The molecule has 1 atom stereocenters. The molecule has 1 saturated heterocycles. The van der Waals surface area contributed by atoms with Gasteiger partial charge in [-0.3, -0.25) is 9.59 Å². The second-order valence-corrected chi connectivity index (χ2v) is 7.39. The third-order valence-corrected chi connectivity index (χ3v) is 4.84. The molecule has 3 rings (SSSR count). The molecular weight excluding hydrogens is 340 g/mol. The SMILES string of the molecule is Cc1c(C(=O)N2CCCC(C(=O)NC(C)C)C2)oc2ccc(Cl)cc12. The van der Waals surface area contributed by atoms with E-state index >= 15 is 0 Å². The molecule has 6 heteroatoms. The van der Waals surface area contributed by atoms with Gasteiger partial charge in [-0.05, 0) is 51.8 Å². The number of likely N-dealkylation sites (tertiary alicyclic amines) is 1. The number of halogens is 1. The highest BCUT2D eigenvalue weighted by Gasteiger charge is 2.31. The number of rotatable bonds is 3. The monoisotopic (exact) mass is 362 g/mol. The van der Waals surface area contributed by atoms with Gasteiger partial charge in [0.15, 0.2) is 5.76 Å². The van der Waals surface area contributed by atoms with Gasteiger partial charge in [0.25, 0.3) is 5.91 Å². The first-order chi connectivity index (χ1) is 11.9. The van der Waals surface area contributed by atoms with Crippen LogP contribution in [-0.4, -0.2) is 35.8 Å². The van der Waals surface area contributed by atoms with Gasteiger partial charge in [0.1, 0.15) is 5.58 Å². The lowest BCUT2D eigenvalue weighted by Gasteiger charge is -2.32. The molecule has 25 heavy (non-hydrogen) atoms. The van der Waals surface area contributed by atoms with E-state index in [1.165, 1.54) is 0 Å². The fourth-order valence-corrected chi connectivity index (χ4v) is 3.49. The van der Waals surface area contributed by atoms with Crippen molar-refractivity contribution in [3.8, 4) is 0 Å². The van der Waals surface area contributed by atoms with Gasteiger partial charge in [0.05, 0.1) is 5.92 Å². The van der Waals surface area contributed by atoms with E-state index < -0.39 is 0 Å². The Kier molecular flexibility index (Phi) is 5.04. The minimum Gasteiger partial charge on any atom is -0.451 e. The van der Waals surface area contributed by atoms with Crippen molar-refractivity contribution in [1.29, 1.82) is 0 Å². The number of carbonyl (C=O) groups is 2. The second-order valence-electron chi connectivity index (χ2n) is 6.95. The topological polar surface area (TPSA) is 62.6 Å². The minimum absolute atomic E-state index is 0.0145. The van der Waals surface area contributed by atoms with E-state index in [0.717, 1.165) is 23.8 Å². The largest absolute Gasteiger partial charge is 0.451 e. The highest BCUT2D eigenvalue weighted by Crippen LogP contribution is 2.29. The molecule has 1 aliphatic heterocycles. The van der Waals surface area contributed by atoms with Crippen LogP contribution < -0.4 is 5.32 Å². The maximum Gasteiger partial charge on any atom is 0.289 e. The van der Waals surface area contributed by atoms with Crippen molar-refractivity contribution in [1.82, 2.24) is 10.2 Å². The maximum absolute atomic E-state index is 12.9. The number of hydrogen-bond acceptors (Lipinski definition) is 3. The number of fused-ring (bicyclic) bond motifs is 1. The predicted molar refractivity (Wildman–Crippen MR) is 97.9 cm³/mol. The Bertz CT molecular complexity index is 812. The summed E-state index contributed by atoms with van der Waals surface area (Å²) >= 11 is 6.04. The molecule has 2 heterocycles. The van der Waals surface area contributed by atoms with Crippen LogP contribution in [0.4, 0.5) is 0 Å². The standard InChI is InChI=1S/C19H23ClN2O3/c1-11(2)21-18(23)13-5-4-8-22(10-13)19(24)17-12(3)15-9-14(20)6-7-16(15)25-17/h6-7,9,11,13H,4-5,8,10H2,1-3H3,(H,21,23). The summed E-state index contributed by atoms with van der Waals surface area (Å²) in [5, 5.41) is 4.39. The van der Waals surface area contributed by atoms with Gasteiger partial charge in [0, 0.05) is 35.1 Å². The average molecular weight is 363 g/mol. The van der Waals surface area contributed by atoms with E-state index in [9.17, 15) is 9.59 Å². The van der Waals surface area contributed by atoms with Crippen molar-refractivity contribution < 1.29 is 14.0 Å². The van der Waals surface area contributed by atoms with Gasteiger partial charge in [0.2, 0.25) is 5.91 Å². The molecule has 1 N–H and O–H groups in total. The summed E-state index contributed by atoms with van der Waals surface area (Å²) in [5.41, 5.74) is 1.44. The Hall–Kier alpha value is -2.01. The van der Waals surface area contributed by atoms with Crippen molar-refractivity contribution >= 4 is 34.4 Å². The molecule has 2 aromatic rings. The summed E-state index contributed by atoms with van der Waals surface area (Å²) in [6.07, 6.45) is 1.62. The molecule has 0 spiro atoms. The van der Waals surface area contributed by atoms with E-state index in [1.54, 1.807) is 17.0 Å². The lowest BCUT2D eigenvalue weighted by molar-refractivity contribution is -0.126. The molecule has 1 fully saturated rings. The summed E-state index contributed by atoms with van der Waals surface area (Å²) in [4.78, 5) is 26.9. The zero-order valence-electron chi connectivity index (χ0n) is 14.8. The normalized spacial score (nSPS) is 18.0. The van der Waals surface area contributed by atoms with E-state index in [1.807, 2.05) is 26.8 Å². The maximum atomic E-state index is 12.9. The molecule has 1 aromatic heterocycles. The van der Waals surface area contributed by atoms with Crippen molar-refractivity contribution in [3.05, 3.63) is 34.5 Å². The highest BCUT2D eigenvalue weighted by molar-refractivity contribution is 6.31. The molecule has 0 bridgehead atoms. The van der Waals surface area contributed by atoms with Crippen LogP contribution in [0.25, 0.3) is 11.0 Å². The molecule has 0 saturated carbocycles. The molecule has 134 valence electrons. The number of furan rings is 1. The van der Waals surface area contributed by atoms with Crippen LogP contribution in [0.15, 0.2) is 22.6 Å². The number of nitrogens with zero attached hydrogens (tertiary/aromatic N) is 1. The molecule has 1 aliphatic rings. The molecular formula is C19H23ClN2O3. The number of piperidine rings is 1. The Morgan fingerprint density at radius 2 is 2.12 bits per heavy atom. The molecule has 5 nitrogen and oxygen atoms in total. The third-order valence-electron chi connectivity index (χ3n) is 4.60. The number of amides is 2. The van der Waals surface area contributed by atoms with Gasteiger partial charge in [-0.2, -0.15) is 0 Å². The van der Waals surface area contributed by atoms with Crippen molar-refractivity contribution in [2.24, 2.45) is 5.92 Å². The average Bonchev–Trinajstić information content (AvgIpc) is 2.90. The molecule has 0 aliphatic carbocycles. The lowest BCUT2D eigenvalue weighted by atomic mass is 9.96. The first kappa shape index (κ1) is 17.8. The van der Waals surface area contributed by atoms with E-state index in [4.69, 9.17) is 16.0 Å². The van der Waals surface area contributed by atoms with Crippen LogP contribution in [0.5, 0.6) is 0 Å². The number of nitrogens with one attached hydrogen (secondary N) is 1. The summed E-state index contributed by atoms with van der Waals surface area (Å²) < 4.78 is 5.78. The summed E-state index contributed by atoms with van der Waals surface area (Å²) in [6, 6.07) is 5.42. The van der Waals surface area contributed by atoms with Crippen LogP contribution in [0, 0.1) is 12.8 Å². The van der Waals surface area contributed by atoms with Gasteiger partial charge < -0.3 is 14.6 Å². The molecule has 1 aromatic carbocycles. The number of benzene rings is 1. The second kappa shape index (κ2) is 7.08. The summed E-state index contributed by atoms with van der Waals surface area (Å²) in [5.74, 6) is 0.0221. The zero-order valence-corrected chi connectivity index (χ0v) is 15.5. The van der Waals surface area contributed by atoms with Crippen LogP contribution in [0.1, 0.15) is 42.8 Å². The van der Waals surface area contributed by atoms with Crippen LogP contribution in [0.3, 0.4) is 0 Å². The Labute approximate surface area is 152 Å². The Morgan fingerprint density at radius 3 is 2.84 bits per heavy atom. The Balaban J connectivity index is 1.81. The minimum atomic E-state index is -0.167. The number of carbonyl (C=O) groups excluding carboxylic acids is 2. The first-order valence-electron chi connectivity index (χ1n) is 8.65. The molecule has 0 radical (unpaired) electrons. The zero-order chi connectivity index (χ0) is 18.1. The van der Waals surface area contributed by atoms with Gasteiger partial charge in [-0.15, -0.1) is 0 Å². The molecule has 1 unspecified atom stereocenters. The van der Waals surface area contributed by atoms with Crippen LogP contribution in [0.2, 0.25) is 5.02 Å². The summed E-state index contributed by atoms with van der Waals surface area (Å²) in [6.45, 7) is 6.80. The number of hydrogen-bond donors (Lipinski definition) is 1. The third kappa shape index (κ3) is 3.66. The van der Waals surface area contributed by atoms with E-state index in [-0.39, 0.29) is 23.8 Å². The fourth-order valence-electron chi connectivity index (χ4n) is 3.32. The van der Waals surface area contributed by atoms with E-state index in [2.05, 4.69) is 5.32 Å². The van der Waals surface area contributed by atoms with Crippen molar-refractivity contribution in [2.75, 3.05) is 13.1 Å². The predicted octanol–water partition coefficient (Wildman–Crippen LogP) is 3.77. The van der Waals surface area contributed by atoms with Gasteiger partial charge in [-0.25, -0.2) is 0 Å². The number of aryl methyl sites for hydroxylation is 1. The molecule has 2 amide bonds. The Morgan fingerprint density at radius 1 is 1.36 bits per heavy atom. The van der Waals surface area contributed by atoms with Crippen LogP contribution >= 0.6 is 11.6 Å². The van der Waals surface area contributed by atoms with E-state index in [0.29, 0.717) is 29.5 Å². The smallest absolute Gasteiger partial charge is 0.289 e. The van der Waals surface area contributed by atoms with Crippen molar-refractivity contribution in [2.45, 2.75) is 39.7 Å². The van der Waals surface area contributed by atoms with Crippen molar-refractivity contribution in [3.63, 3.8) is 0 Å².